The second-order valence-corrected chi connectivity index (χ2v) is 9.30. The lowest BCUT2D eigenvalue weighted by Gasteiger charge is -2.19. The summed E-state index contributed by atoms with van der Waals surface area (Å²) in [6.45, 7) is 2.62. The Balaban J connectivity index is 1.65. The molecule has 0 saturated heterocycles. The molecule has 4 rings (SSSR count). The molecular formula is C24H24ClN3O3S. The molecule has 1 aromatic carbocycles. The number of aromatic nitrogens is 1. The number of aryl methyl sites for hydroxylation is 1. The average Bonchev–Trinajstić information content (AvgIpc) is 3.13. The van der Waals surface area contributed by atoms with Crippen LogP contribution in [-0.2, 0) is 12.8 Å². The lowest BCUT2D eigenvalue weighted by atomic mass is 10.1. The van der Waals surface area contributed by atoms with E-state index in [-0.39, 0.29) is 11.8 Å². The Morgan fingerprint density at radius 1 is 1.16 bits per heavy atom. The van der Waals surface area contributed by atoms with Gasteiger partial charge < -0.3 is 14.5 Å². The van der Waals surface area contributed by atoms with Crippen LogP contribution in [0.3, 0.4) is 0 Å². The number of carbonyl (C=O) groups excluding carboxylic acids is 2. The summed E-state index contributed by atoms with van der Waals surface area (Å²) < 4.78 is 5.91. The van der Waals surface area contributed by atoms with E-state index in [1.165, 1.54) is 21.1 Å². The van der Waals surface area contributed by atoms with Crippen LogP contribution in [0.4, 0.5) is 5.69 Å². The molecule has 8 heteroatoms. The van der Waals surface area contributed by atoms with E-state index >= 15 is 0 Å². The van der Waals surface area contributed by atoms with Gasteiger partial charge in [-0.3, -0.25) is 14.6 Å². The first-order valence-electron chi connectivity index (χ1n) is 10.3. The smallest absolute Gasteiger partial charge is 0.268 e. The summed E-state index contributed by atoms with van der Waals surface area (Å²) in [6.07, 6.45) is 3.46. The van der Waals surface area contributed by atoms with Gasteiger partial charge in [-0.15, -0.1) is 11.3 Å². The highest BCUT2D eigenvalue weighted by molar-refractivity contribution is 7.17. The van der Waals surface area contributed by atoms with Crippen molar-refractivity contribution in [1.29, 1.82) is 0 Å². The molecule has 3 aromatic rings. The molecule has 3 heterocycles. The third-order valence-electron chi connectivity index (χ3n) is 5.45. The van der Waals surface area contributed by atoms with Gasteiger partial charge in [0, 0.05) is 39.3 Å². The van der Waals surface area contributed by atoms with Crippen molar-refractivity contribution < 1.29 is 14.3 Å². The zero-order valence-corrected chi connectivity index (χ0v) is 20.0. The molecule has 0 spiro atoms. The summed E-state index contributed by atoms with van der Waals surface area (Å²) in [6, 6.07) is 8.92. The molecule has 1 aliphatic rings. The lowest BCUT2D eigenvalue weighted by molar-refractivity contribution is 0.0827. The van der Waals surface area contributed by atoms with E-state index < -0.39 is 0 Å². The standard InChI is InChI=1S/C24H24ClN3O3S/c1-5-14-10-19-21(26-13-14)22-15(8-9-31-19)12-20(32-22)24(30)28(4)18-7-6-16(11-17(18)25)23(29)27(2)3/h6-7,10-13H,5,8-9H2,1-4H3. The lowest BCUT2D eigenvalue weighted by Crippen LogP contribution is -2.26. The zero-order chi connectivity index (χ0) is 23.0. The fourth-order valence-corrected chi connectivity index (χ4v) is 5.09. The van der Waals surface area contributed by atoms with E-state index in [9.17, 15) is 9.59 Å². The van der Waals surface area contributed by atoms with E-state index in [0.29, 0.717) is 34.2 Å². The number of fused-ring (bicyclic) bond motifs is 3. The second kappa shape index (κ2) is 8.92. The van der Waals surface area contributed by atoms with Crippen LogP contribution in [0.5, 0.6) is 5.75 Å². The van der Waals surface area contributed by atoms with Crippen LogP contribution in [0.2, 0.25) is 5.02 Å². The molecule has 166 valence electrons. The maximum atomic E-state index is 13.3. The summed E-state index contributed by atoms with van der Waals surface area (Å²) in [5.41, 5.74) is 3.98. The number of ether oxygens (including phenoxy) is 1. The van der Waals surface area contributed by atoms with Crippen molar-refractivity contribution >= 4 is 40.4 Å². The van der Waals surface area contributed by atoms with Crippen LogP contribution >= 0.6 is 22.9 Å². The fraction of sp³-hybridized carbons (Fsp3) is 0.292. The maximum absolute atomic E-state index is 13.3. The Morgan fingerprint density at radius 2 is 1.94 bits per heavy atom. The van der Waals surface area contributed by atoms with Crippen molar-refractivity contribution in [3.8, 4) is 16.3 Å². The number of halogens is 1. The Hall–Kier alpha value is -2.90. The van der Waals surface area contributed by atoms with E-state index in [4.69, 9.17) is 16.3 Å². The molecule has 1 aliphatic heterocycles. The normalized spacial score (nSPS) is 12.3. The van der Waals surface area contributed by atoms with Crippen molar-refractivity contribution in [3.05, 3.63) is 63.1 Å². The number of rotatable bonds is 4. The first kappa shape index (κ1) is 22.3. The monoisotopic (exact) mass is 469 g/mol. The SMILES string of the molecule is CCc1cnc2c(c1)OCCc1cc(C(=O)N(C)c3ccc(C(=O)N(C)C)cc3Cl)sc1-2. The van der Waals surface area contributed by atoms with E-state index in [2.05, 4.69) is 11.9 Å². The van der Waals surface area contributed by atoms with Crippen LogP contribution in [0.25, 0.3) is 10.6 Å². The molecule has 2 aromatic heterocycles. The number of thiophene rings is 1. The van der Waals surface area contributed by atoms with E-state index in [0.717, 1.165) is 33.9 Å². The first-order chi connectivity index (χ1) is 15.3. The molecule has 6 nitrogen and oxygen atoms in total. The Morgan fingerprint density at radius 3 is 2.62 bits per heavy atom. The van der Waals surface area contributed by atoms with Crippen molar-refractivity contribution in [2.75, 3.05) is 32.6 Å². The third kappa shape index (κ3) is 4.10. The number of pyridine rings is 1. The fourth-order valence-electron chi connectivity index (χ4n) is 3.60. The molecule has 0 radical (unpaired) electrons. The molecule has 0 saturated carbocycles. The van der Waals surface area contributed by atoms with Gasteiger partial charge in [0.25, 0.3) is 11.8 Å². The van der Waals surface area contributed by atoms with Gasteiger partial charge in [0.2, 0.25) is 0 Å². The van der Waals surface area contributed by atoms with Gasteiger partial charge in [-0.25, -0.2) is 0 Å². The summed E-state index contributed by atoms with van der Waals surface area (Å²) in [7, 11) is 5.05. The molecule has 0 aliphatic carbocycles. The molecule has 0 atom stereocenters. The van der Waals surface area contributed by atoms with Crippen LogP contribution in [0.1, 0.15) is 38.1 Å². The Kier molecular flexibility index (Phi) is 6.22. The minimum Gasteiger partial charge on any atom is -0.491 e. The van der Waals surface area contributed by atoms with Crippen LogP contribution in [0.15, 0.2) is 36.5 Å². The highest BCUT2D eigenvalue weighted by atomic mass is 35.5. The molecule has 2 amide bonds. The van der Waals surface area contributed by atoms with Gasteiger partial charge in [-0.1, -0.05) is 18.5 Å². The average molecular weight is 470 g/mol. The second-order valence-electron chi connectivity index (χ2n) is 7.84. The molecule has 32 heavy (non-hydrogen) atoms. The van der Waals surface area contributed by atoms with Gasteiger partial charge in [-0.05, 0) is 47.9 Å². The van der Waals surface area contributed by atoms with Crippen molar-refractivity contribution in [3.63, 3.8) is 0 Å². The molecule has 0 bridgehead atoms. The summed E-state index contributed by atoms with van der Waals surface area (Å²) >= 11 is 7.85. The van der Waals surface area contributed by atoms with Gasteiger partial charge in [0.15, 0.2) is 0 Å². The number of benzene rings is 1. The first-order valence-corrected chi connectivity index (χ1v) is 11.5. The van der Waals surface area contributed by atoms with Crippen molar-refractivity contribution in [2.24, 2.45) is 0 Å². The summed E-state index contributed by atoms with van der Waals surface area (Å²) in [5.74, 6) is 0.458. The third-order valence-corrected chi connectivity index (χ3v) is 6.92. The van der Waals surface area contributed by atoms with E-state index in [1.807, 2.05) is 18.3 Å². The van der Waals surface area contributed by atoms with E-state index in [1.54, 1.807) is 39.3 Å². The van der Waals surface area contributed by atoms with Gasteiger partial charge in [-0.2, -0.15) is 0 Å². The number of anilines is 1. The minimum absolute atomic E-state index is 0.144. The quantitative estimate of drug-likeness (QED) is 0.543. The largest absolute Gasteiger partial charge is 0.491 e. The molecule has 0 fully saturated rings. The van der Waals surface area contributed by atoms with Crippen LogP contribution in [0, 0.1) is 0 Å². The predicted octanol–water partition coefficient (Wildman–Crippen LogP) is 4.94. The van der Waals surface area contributed by atoms with Gasteiger partial charge in [0.05, 0.1) is 27.1 Å². The summed E-state index contributed by atoms with van der Waals surface area (Å²) in [4.78, 5) is 34.7. The topological polar surface area (TPSA) is 62.7 Å². The van der Waals surface area contributed by atoms with Crippen molar-refractivity contribution in [2.45, 2.75) is 19.8 Å². The molecule has 0 unspecified atom stereocenters. The van der Waals surface area contributed by atoms with Crippen molar-refractivity contribution in [1.82, 2.24) is 9.88 Å². The predicted molar refractivity (Wildman–Crippen MR) is 128 cm³/mol. The maximum Gasteiger partial charge on any atom is 0.268 e. The Bertz CT molecular complexity index is 1210. The van der Waals surface area contributed by atoms with Crippen LogP contribution in [-0.4, -0.2) is 49.4 Å². The number of carbonyl (C=O) groups is 2. The highest BCUT2D eigenvalue weighted by Crippen LogP contribution is 2.40. The zero-order valence-electron chi connectivity index (χ0n) is 18.4. The minimum atomic E-state index is -0.163. The van der Waals surface area contributed by atoms with Gasteiger partial charge in [0.1, 0.15) is 11.4 Å². The van der Waals surface area contributed by atoms with Gasteiger partial charge >= 0.3 is 0 Å². The number of nitrogens with zero attached hydrogens (tertiary/aromatic N) is 3. The highest BCUT2D eigenvalue weighted by Gasteiger charge is 2.25. The Labute approximate surface area is 196 Å². The molecular weight excluding hydrogens is 446 g/mol. The summed E-state index contributed by atoms with van der Waals surface area (Å²) in [5, 5.41) is 0.346. The number of hydrogen-bond donors (Lipinski definition) is 0. The molecule has 0 N–H and O–H groups in total. The number of hydrogen-bond acceptors (Lipinski definition) is 5. The van der Waals surface area contributed by atoms with Crippen LogP contribution < -0.4 is 9.64 Å². The number of amides is 2.